The van der Waals surface area contributed by atoms with Crippen LogP contribution in [0, 0.1) is 5.82 Å². The van der Waals surface area contributed by atoms with E-state index in [0.29, 0.717) is 11.5 Å². The molecule has 0 amide bonds. The molecular formula is C16H14FN3O. The highest BCUT2D eigenvalue weighted by Gasteiger charge is 2.10. The van der Waals surface area contributed by atoms with Crippen LogP contribution in [-0.4, -0.2) is 12.1 Å². The summed E-state index contributed by atoms with van der Waals surface area (Å²) in [7, 11) is 1.61. The molecule has 1 heterocycles. The molecule has 0 bridgehead atoms. The van der Waals surface area contributed by atoms with Gasteiger partial charge in [-0.15, -0.1) is 0 Å². The highest BCUT2D eigenvalue weighted by Crippen LogP contribution is 2.34. The number of ether oxygens (including phenoxy) is 1. The molecule has 0 saturated heterocycles. The molecule has 4 nitrogen and oxygen atoms in total. The second kappa shape index (κ2) is 5.28. The molecule has 0 aliphatic carbocycles. The predicted octanol–water partition coefficient (Wildman–Crippen LogP) is 3.71. The lowest BCUT2D eigenvalue weighted by atomic mass is 10.1. The maximum Gasteiger partial charge on any atom is 0.140 e. The second-order valence-corrected chi connectivity index (χ2v) is 4.57. The maximum absolute atomic E-state index is 13.0. The highest BCUT2D eigenvalue weighted by atomic mass is 19.1. The van der Waals surface area contributed by atoms with Gasteiger partial charge in [0, 0.05) is 23.0 Å². The Morgan fingerprint density at radius 1 is 1.10 bits per heavy atom. The molecule has 21 heavy (non-hydrogen) atoms. The van der Waals surface area contributed by atoms with Crippen LogP contribution >= 0.6 is 0 Å². The predicted molar refractivity (Wildman–Crippen MR) is 82.4 cm³/mol. The summed E-state index contributed by atoms with van der Waals surface area (Å²) in [5.74, 6) is 1.05. The van der Waals surface area contributed by atoms with Gasteiger partial charge < -0.3 is 15.8 Å². The van der Waals surface area contributed by atoms with E-state index in [0.717, 1.165) is 22.2 Å². The van der Waals surface area contributed by atoms with E-state index in [-0.39, 0.29) is 5.82 Å². The van der Waals surface area contributed by atoms with Crippen LogP contribution in [0.4, 0.5) is 21.6 Å². The number of rotatable bonds is 3. The molecule has 0 spiro atoms. The van der Waals surface area contributed by atoms with E-state index in [1.807, 2.05) is 12.1 Å². The Morgan fingerprint density at radius 2 is 1.86 bits per heavy atom. The molecule has 1 aromatic heterocycles. The number of nitrogens with two attached hydrogens (primary N) is 1. The van der Waals surface area contributed by atoms with Gasteiger partial charge >= 0.3 is 0 Å². The molecule has 0 atom stereocenters. The first-order valence-corrected chi connectivity index (χ1v) is 6.43. The lowest BCUT2D eigenvalue weighted by Crippen LogP contribution is -1.98. The van der Waals surface area contributed by atoms with E-state index in [2.05, 4.69) is 10.3 Å². The zero-order valence-corrected chi connectivity index (χ0v) is 11.4. The van der Waals surface area contributed by atoms with Crippen LogP contribution in [-0.2, 0) is 0 Å². The fourth-order valence-corrected chi connectivity index (χ4v) is 2.24. The van der Waals surface area contributed by atoms with Crippen LogP contribution in [0.15, 0.2) is 48.7 Å². The van der Waals surface area contributed by atoms with Gasteiger partial charge in [0.25, 0.3) is 0 Å². The van der Waals surface area contributed by atoms with Gasteiger partial charge in [0.05, 0.1) is 12.5 Å². The average molecular weight is 283 g/mol. The summed E-state index contributed by atoms with van der Waals surface area (Å²) in [6.45, 7) is 0. The lowest BCUT2D eigenvalue weighted by Gasteiger charge is -2.12. The van der Waals surface area contributed by atoms with Gasteiger partial charge in [0.1, 0.15) is 17.4 Å². The van der Waals surface area contributed by atoms with Crippen molar-refractivity contribution in [2.24, 2.45) is 0 Å². The summed E-state index contributed by atoms with van der Waals surface area (Å²) >= 11 is 0. The Labute approximate surface area is 121 Å². The zero-order chi connectivity index (χ0) is 14.8. The lowest BCUT2D eigenvalue weighted by molar-refractivity contribution is 0.420. The Morgan fingerprint density at radius 3 is 2.57 bits per heavy atom. The van der Waals surface area contributed by atoms with Crippen molar-refractivity contribution >= 4 is 28.0 Å². The number of hydrogen-bond donors (Lipinski definition) is 2. The molecule has 0 saturated carbocycles. The van der Waals surface area contributed by atoms with Crippen molar-refractivity contribution in [2.75, 3.05) is 18.2 Å². The molecule has 0 fully saturated rings. The van der Waals surface area contributed by atoms with Gasteiger partial charge in [0.15, 0.2) is 0 Å². The molecule has 106 valence electrons. The number of nitrogens with zero attached hydrogens (tertiary/aromatic N) is 1. The van der Waals surface area contributed by atoms with Gasteiger partial charge in [-0.1, -0.05) is 0 Å². The molecule has 0 radical (unpaired) electrons. The molecule has 2 aromatic carbocycles. The van der Waals surface area contributed by atoms with E-state index in [1.165, 1.54) is 12.1 Å². The third-order valence-corrected chi connectivity index (χ3v) is 3.25. The number of fused-ring (bicyclic) bond motifs is 1. The van der Waals surface area contributed by atoms with Crippen LogP contribution in [0.5, 0.6) is 5.75 Å². The summed E-state index contributed by atoms with van der Waals surface area (Å²) in [4.78, 5) is 4.32. The maximum atomic E-state index is 13.0. The first-order valence-electron chi connectivity index (χ1n) is 6.43. The SMILES string of the molecule is COc1ccc(N)c2c(Nc3ccc(F)cc3)nccc12. The Kier molecular flexibility index (Phi) is 3.31. The van der Waals surface area contributed by atoms with Crippen LogP contribution in [0.3, 0.4) is 0 Å². The smallest absolute Gasteiger partial charge is 0.140 e. The van der Waals surface area contributed by atoms with E-state index in [1.54, 1.807) is 31.5 Å². The molecule has 5 heteroatoms. The summed E-state index contributed by atoms with van der Waals surface area (Å²) < 4.78 is 18.3. The van der Waals surface area contributed by atoms with E-state index in [9.17, 15) is 4.39 Å². The van der Waals surface area contributed by atoms with Crippen molar-refractivity contribution in [3.05, 3.63) is 54.5 Å². The molecule has 3 aromatic rings. The number of anilines is 3. The number of pyridine rings is 1. The van der Waals surface area contributed by atoms with Crippen molar-refractivity contribution in [1.82, 2.24) is 4.98 Å². The number of benzene rings is 2. The van der Waals surface area contributed by atoms with Crippen LogP contribution < -0.4 is 15.8 Å². The zero-order valence-electron chi connectivity index (χ0n) is 11.4. The highest BCUT2D eigenvalue weighted by molar-refractivity contribution is 6.04. The third-order valence-electron chi connectivity index (χ3n) is 3.25. The first kappa shape index (κ1) is 13.2. The average Bonchev–Trinajstić information content (AvgIpc) is 2.50. The van der Waals surface area contributed by atoms with Gasteiger partial charge in [-0.25, -0.2) is 9.37 Å². The topological polar surface area (TPSA) is 60.2 Å². The Bertz CT molecular complexity index is 787. The van der Waals surface area contributed by atoms with Gasteiger partial charge in [-0.2, -0.15) is 0 Å². The fraction of sp³-hybridized carbons (Fsp3) is 0.0625. The number of methoxy groups -OCH3 is 1. The normalized spacial score (nSPS) is 10.6. The Hall–Kier alpha value is -2.82. The van der Waals surface area contributed by atoms with Gasteiger partial charge in [-0.05, 0) is 42.5 Å². The van der Waals surface area contributed by atoms with Gasteiger partial charge in [0.2, 0.25) is 0 Å². The molecule has 3 N–H and O–H groups in total. The number of nitrogen functional groups attached to an aromatic ring is 1. The van der Waals surface area contributed by atoms with E-state index in [4.69, 9.17) is 10.5 Å². The van der Waals surface area contributed by atoms with Crippen LogP contribution in [0.2, 0.25) is 0 Å². The Balaban J connectivity index is 2.12. The van der Waals surface area contributed by atoms with E-state index >= 15 is 0 Å². The second-order valence-electron chi connectivity index (χ2n) is 4.57. The number of hydrogen-bond acceptors (Lipinski definition) is 4. The fourth-order valence-electron chi connectivity index (χ4n) is 2.24. The molecule has 0 unspecified atom stereocenters. The minimum absolute atomic E-state index is 0.285. The van der Waals surface area contributed by atoms with Crippen molar-refractivity contribution in [3.8, 4) is 5.75 Å². The van der Waals surface area contributed by atoms with Gasteiger partial charge in [-0.3, -0.25) is 0 Å². The largest absolute Gasteiger partial charge is 0.496 e. The molecule has 3 rings (SSSR count). The summed E-state index contributed by atoms with van der Waals surface area (Å²) in [6, 6.07) is 11.5. The first-order chi connectivity index (χ1) is 10.2. The van der Waals surface area contributed by atoms with Crippen molar-refractivity contribution in [3.63, 3.8) is 0 Å². The third kappa shape index (κ3) is 2.45. The quantitative estimate of drug-likeness (QED) is 0.719. The number of nitrogens with one attached hydrogen (secondary N) is 1. The summed E-state index contributed by atoms with van der Waals surface area (Å²) in [5, 5.41) is 4.80. The molecular weight excluding hydrogens is 269 g/mol. The summed E-state index contributed by atoms with van der Waals surface area (Å²) in [6.07, 6.45) is 1.68. The summed E-state index contributed by atoms with van der Waals surface area (Å²) in [5.41, 5.74) is 7.40. The molecule has 0 aliphatic heterocycles. The number of aromatic nitrogens is 1. The van der Waals surface area contributed by atoms with Crippen molar-refractivity contribution in [1.29, 1.82) is 0 Å². The van der Waals surface area contributed by atoms with Crippen LogP contribution in [0.25, 0.3) is 10.8 Å². The standard InChI is InChI=1S/C16H14FN3O/c1-21-14-7-6-13(18)15-12(14)8-9-19-16(15)20-11-4-2-10(17)3-5-11/h2-9H,18H2,1H3,(H,19,20). The number of halogens is 1. The van der Waals surface area contributed by atoms with Crippen molar-refractivity contribution < 1.29 is 9.13 Å². The van der Waals surface area contributed by atoms with Crippen LogP contribution in [0.1, 0.15) is 0 Å². The molecule has 0 aliphatic rings. The van der Waals surface area contributed by atoms with Crippen molar-refractivity contribution in [2.45, 2.75) is 0 Å². The minimum atomic E-state index is -0.285. The monoisotopic (exact) mass is 283 g/mol. The minimum Gasteiger partial charge on any atom is -0.496 e. The van der Waals surface area contributed by atoms with E-state index < -0.39 is 0 Å².